The van der Waals surface area contributed by atoms with E-state index in [0.717, 1.165) is 12.1 Å². The van der Waals surface area contributed by atoms with Crippen LogP contribution < -0.4 is 0 Å². The molecule has 1 aromatic rings. The number of benzene rings is 1. The van der Waals surface area contributed by atoms with Crippen molar-refractivity contribution in [3.8, 4) is 0 Å². The molecule has 1 aromatic carbocycles. The fourth-order valence-corrected chi connectivity index (χ4v) is 2.08. The van der Waals surface area contributed by atoms with Crippen molar-refractivity contribution in [2.75, 3.05) is 7.05 Å². The molecule has 1 nitrogen and oxygen atoms in total. The summed E-state index contributed by atoms with van der Waals surface area (Å²) >= 11 is 0. The molecule has 0 saturated heterocycles. The summed E-state index contributed by atoms with van der Waals surface area (Å²) in [5, 5.41) is 0. The molecule has 18 heavy (non-hydrogen) atoms. The first kappa shape index (κ1) is 16.8. The van der Waals surface area contributed by atoms with Crippen molar-refractivity contribution >= 4 is 5.70 Å². The van der Waals surface area contributed by atoms with Crippen LogP contribution in [-0.4, -0.2) is 18.0 Å². The fraction of sp³-hybridized carbons (Fsp3) is 0.529. The Bertz CT molecular complexity index is 379. The Morgan fingerprint density at radius 2 is 1.72 bits per heavy atom. The summed E-state index contributed by atoms with van der Waals surface area (Å²) in [4.78, 5) is 2.26. The smallest absolute Gasteiger partial charge is 0.0369 e. The highest BCUT2D eigenvalue weighted by atomic mass is 15.1. The number of hydrogen-bond donors (Lipinski definition) is 0. The van der Waals surface area contributed by atoms with Gasteiger partial charge in [-0.25, -0.2) is 0 Å². The van der Waals surface area contributed by atoms with Crippen LogP contribution >= 0.6 is 0 Å². The Morgan fingerprint density at radius 3 is 2.28 bits per heavy atom. The van der Waals surface area contributed by atoms with Gasteiger partial charge in [-0.15, -0.1) is 0 Å². The third-order valence-corrected chi connectivity index (χ3v) is 3.17. The zero-order valence-electron chi connectivity index (χ0n) is 13.2. The van der Waals surface area contributed by atoms with E-state index in [1.165, 1.54) is 16.7 Å². The molecule has 2 rings (SSSR count). The van der Waals surface area contributed by atoms with Crippen molar-refractivity contribution in [2.24, 2.45) is 0 Å². The molecule has 0 fully saturated rings. The lowest BCUT2D eigenvalue weighted by Crippen LogP contribution is -2.33. The minimum Gasteiger partial charge on any atom is -0.372 e. The fourth-order valence-electron chi connectivity index (χ4n) is 2.08. The van der Waals surface area contributed by atoms with Gasteiger partial charge in [0, 0.05) is 24.4 Å². The SMILES string of the molecule is C=C1c2ccc(C)cc2CC(C)N1C.CC.CC. The number of fused-ring (bicyclic) bond motifs is 1. The molecular formula is C17H29N. The number of rotatable bonds is 0. The van der Waals surface area contributed by atoms with E-state index in [9.17, 15) is 0 Å². The Labute approximate surface area is 114 Å². The highest BCUT2D eigenvalue weighted by molar-refractivity contribution is 5.67. The average molecular weight is 247 g/mol. The average Bonchev–Trinajstić information content (AvgIpc) is 2.40. The maximum atomic E-state index is 4.14. The number of hydrogen-bond acceptors (Lipinski definition) is 1. The van der Waals surface area contributed by atoms with Crippen LogP contribution in [0, 0.1) is 6.92 Å². The van der Waals surface area contributed by atoms with Crippen LogP contribution in [0.5, 0.6) is 0 Å². The molecule has 0 saturated carbocycles. The van der Waals surface area contributed by atoms with E-state index in [0.29, 0.717) is 6.04 Å². The molecule has 0 aromatic heterocycles. The monoisotopic (exact) mass is 247 g/mol. The molecule has 0 amide bonds. The van der Waals surface area contributed by atoms with Gasteiger partial charge >= 0.3 is 0 Å². The molecule has 1 aliphatic heterocycles. The minimum absolute atomic E-state index is 0.566. The summed E-state index contributed by atoms with van der Waals surface area (Å²) in [6.45, 7) is 16.5. The summed E-state index contributed by atoms with van der Waals surface area (Å²) in [6.07, 6.45) is 1.13. The van der Waals surface area contributed by atoms with Crippen LogP contribution in [0.2, 0.25) is 0 Å². The third kappa shape index (κ3) is 3.63. The quantitative estimate of drug-likeness (QED) is 0.630. The lowest BCUT2D eigenvalue weighted by molar-refractivity contribution is 0.357. The van der Waals surface area contributed by atoms with Gasteiger partial charge in [0.15, 0.2) is 0 Å². The molecule has 0 spiro atoms. The van der Waals surface area contributed by atoms with Gasteiger partial charge in [-0.05, 0) is 25.8 Å². The van der Waals surface area contributed by atoms with Crippen molar-refractivity contribution in [3.63, 3.8) is 0 Å². The summed E-state index contributed by atoms with van der Waals surface area (Å²) in [6, 6.07) is 7.20. The number of nitrogens with zero attached hydrogens (tertiary/aromatic N) is 1. The lowest BCUT2D eigenvalue weighted by Gasteiger charge is -2.35. The van der Waals surface area contributed by atoms with Crippen LogP contribution in [0.4, 0.5) is 0 Å². The Balaban J connectivity index is 0.000000659. The maximum absolute atomic E-state index is 4.14. The van der Waals surface area contributed by atoms with Crippen LogP contribution in [0.25, 0.3) is 5.70 Å². The summed E-state index contributed by atoms with van der Waals surface area (Å²) in [7, 11) is 2.12. The summed E-state index contributed by atoms with van der Waals surface area (Å²) in [5.41, 5.74) is 5.25. The van der Waals surface area contributed by atoms with Gasteiger partial charge in [0.05, 0.1) is 0 Å². The van der Waals surface area contributed by atoms with E-state index in [2.05, 4.69) is 50.6 Å². The molecule has 1 aliphatic rings. The highest BCUT2D eigenvalue weighted by Crippen LogP contribution is 2.30. The van der Waals surface area contributed by atoms with Gasteiger partial charge in [0.25, 0.3) is 0 Å². The first-order valence-corrected chi connectivity index (χ1v) is 7.11. The molecule has 0 radical (unpaired) electrons. The Morgan fingerprint density at radius 1 is 1.17 bits per heavy atom. The van der Waals surface area contributed by atoms with Crippen LogP contribution in [-0.2, 0) is 6.42 Å². The van der Waals surface area contributed by atoms with E-state index in [4.69, 9.17) is 0 Å². The molecule has 0 N–H and O–H groups in total. The van der Waals surface area contributed by atoms with E-state index in [1.807, 2.05) is 27.7 Å². The van der Waals surface area contributed by atoms with Gasteiger partial charge in [-0.3, -0.25) is 0 Å². The van der Waals surface area contributed by atoms with Gasteiger partial charge in [0.1, 0.15) is 0 Å². The Hall–Kier alpha value is -1.24. The molecule has 1 atom stereocenters. The Kier molecular flexibility index (Phi) is 7.42. The molecule has 1 heteroatoms. The second-order valence-corrected chi connectivity index (χ2v) is 4.27. The second-order valence-electron chi connectivity index (χ2n) is 4.27. The standard InChI is InChI=1S/C13H17N.2C2H6/c1-9-5-6-13-11(3)14(4)10(2)8-12(13)7-9;2*1-2/h5-7,10H,3,8H2,1-2,4H3;2*1-2H3. The van der Waals surface area contributed by atoms with Crippen LogP contribution in [0.3, 0.4) is 0 Å². The minimum atomic E-state index is 0.566. The van der Waals surface area contributed by atoms with E-state index in [1.54, 1.807) is 0 Å². The number of aryl methyl sites for hydroxylation is 1. The van der Waals surface area contributed by atoms with Crippen molar-refractivity contribution < 1.29 is 0 Å². The predicted octanol–water partition coefficient (Wildman–Crippen LogP) is 4.89. The van der Waals surface area contributed by atoms with Crippen molar-refractivity contribution in [1.82, 2.24) is 4.90 Å². The maximum Gasteiger partial charge on any atom is 0.0369 e. The molecule has 102 valence electrons. The van der Waals surface area contributed by atoms with Gasteiger partial charge < -0.3 is 4.90 Å². The molecule has 1 heterocycles. The first-order valence-electron chi connectivity index (χ1n) is 7.11. The van der Waals surface area contributed by atoms with Gasteiger partial charge in [0.2, 0.25) is 0 Å². The van der Waals surface area contributed by atoms with Crippen LogP contribution in [0.15, 0.2) is 24.8 Å². The second kappa shape index (κ2) is 7.97. The molecule has 0 bridgehead atoms. The number of likely N-dealkylation sites (N-methyl/N-ethyl adjacent to an activating group) is 1. The van der Waals surface area contributed by atoms with E-state index in [-0.39, 0.29) is 0 Å². The zero-order valence-corrected chi connectivity index (χ0v) is 13.2. The van der Waals surface area contributed by atoms with Crippen LogP contribution in [0.1, 0.15) is 51.3 Å². The van der Waals surface area contributed by atoms with Crippen molar-refractivity contribution in [2.45, 2.75) is 54.0 Å². The third-order valence-electron chi connectivity index (χ3n) is 3.17. The van der Waals surface area contributed by atoms with E-state index >= 15 is 0 Å². The van der Waals surface area contributed by atoms with Crippen molar-refractivity contribution in [1.29, 1.82) is 0 Å². The molecular weight excluding hydrogens is 218 g/mol. The molecule has 1 unspecified atom stereocenters. The largest absolute Gasteiger partial charge is 0.372 e. The summed E-state index contributed by atoms with van der Waals surface area (Å²) < 4.78 is 0. The van der Waals surface area contributed by atoms with E-state index < -0.39 is 0 Å². The lowest BCUT2D eigenvalue weighted by atomic mass is 9.92. The normalized spacial score (nSPS) is 16.9. The highest BCUT2D eigenvalue weighted by Gasteiger charge is 2.21. The summed E-state index contributed by atoms with van der Waals surface area (Å²) in [5.74, 6) is 0. The topological polar surface area (TPSA) is 3.24 Å². The molecule has 0 aliphatic carbocycles. The van der Waals surface area contributed by atoms with Gasteiger partial charge in [-0.1, -0.05) is 58.0 Å². The van der Waals surface area contributed by atoms with Crippen molar-refractivity contribution in [3.05, 3.63) is 41.5 Å². The van der Waals surface area contributed by atoms with Gasteiger partial charge in [-0.2, -0.15) is 0 Å². The predicted molar refractivity (Wildman–Crippen MR) is 83.8 cm³/mol. The zero-order chi connectivity index (χ0) is 14.3. The first-order chi connectivity index (χ1) is 8.59.